The molecule has 72 valence electrons. The van der Waals surface area contributed by atoms with E-state index in [-0.39, 0.29) is 0 Å². The van der Waals surface area contributed by atoms with Gasteiger partial charge in [0.25, 0.3) is 0 Å². The van der Waals surface area contributed by atoms with E-state index in [4.69, 9.17) is 11.6 Å². The lowest BCUT2D eigenvalue weighted by atomic mass is 10.2. The third-order valence-electron chi connectivity index (χ3n) is 2.12. The van der Waals surface area contributed by atoms with Gasteiger partial charge in [-0.2, -0.15) is 0 Å². The molecule has 0 saturated heterocycles. The number of rotatable bonds is 2. The van der Waals surface area contributed by atoms with Crippen molar-refractivity contribution in [2.45, 2.75) is 0 Å². The van der Waals surface area contributed by atoms with E-state index in [9.17, 15) is 4.79 Å². The van der Waals surface area contributed by atoms with Crippen molar-refractivity contribution < 1.29 is 4.79 Å². The predicted octanol–water partition coefficient (Wildman–Crippen LogP) is 2.68. The number of halogens is 1. The van der Waals surface area contributed by atoms with Gasteiger partial charge in [0.15, 0.2) is 6.29 Å². The molecule has 0 bridgehead atoms. The van der Waals surface area contributed by atoms with Crippen molar-refractivity contribution in [2.24, 2.45) is 0 Å². The SMILES string of the molecule is CNc1cc(Cl)cc2[nH]c(C=O)cc12. The van der Waals surface area contributed by atoms with E-state index in [0.717, 1.165) is 22.9 Å². The summed E-state index contributed by atoms with van der Waals surface area (Å²) in [7, 11) is 1.82. The quantitative estimate of drug-likeness (QED) is 0.746. The third-order valence-corrected chi connectivity index (χ3v) is 2.34. The number of H-pyrrole nitrogens is 1. The zero-order valence-corrected chi connectivity index (χ0v) is 8.35. The lowest BCUT2D eigenvalue weighted by Gasteiger charge is -2.02. The predicted molar refractivity (Wildman–Crippen MR) is 58.2 cm³/mol. The number of carbonyl (C=O) groups excluding carboxylic acids is 1. The molecule has 0 fully saturated rings. The minimum absolute atomic E-state index is 0.554. The van der Waals surface area contributed by atoms with Crippen LogP contribution in [0, 0.1) is 0 Å². The van der Waals surface area contributed by atoms with Crippen LogP contribution < -0.4 is 5.32 Å². The Balaban J connectivity index is 2.77. The second-order valence-electron chi connectivity index (χ2n) is 3.01. The van der Waals surface area contributed by atoms with E-state index < -0.39 is 0 Å². The molecule has 2 rings (SSSR count). The summed E-state index contributed by atoms with van der Waals surface area (Å²) in [6.45, 7) is 0. The summed E-state index contributed by atoms with van der Waals surface area (Å²) in [5, 5.41) is 4.64. The molecule has 0 amide bonds. The lowest BCUT2D eigenvalue weighted by Crippen LogP contribution is -1.87. The number of aldehydes is 1. The summed E-state index contributed by atoms with van der Waals surface area (Å²) in [5.41, 5.74) is 2.33. The average Bonchev–Trinajstić information content (AvgIpc) is 2.59. The molecule has 2 N–H and O–H groups in total. The van der Waals surface area contributed by atoms with E-state index >= 15 is 0 Å². The highest BCUT2D eigenvalue weighted by Crippen LogP contribution is 2.27. The van der Waals surface area contributed by atoms with Crippen LogP contribution in [0.25, 0.3) is 10.9 Å². The molecule has 0 spiro atoms. The Hall–Kier alpha value is -1.48. The maximum atomic E-state index is 10.6. The van der Waals surface area contributed by atoms with Gasteiger partial charge < -0.3 is 10.3 Å². The van der Waals surface area contributed by atoms with Crippen LogP contribution >= 0.6 is 11.6 Å². The fraction of sp³-hybridized carbons (Fsp3) is 0.100. The molecular formula is C10H9ClN2O. The van der Waals surface area contributed by atoms with E-state index in [2.05, 4.69) is 10.3 Å². The fourth-order valence-corrected chi connectivity index (χ4v) is 1.71. The van der Waals surface area contributed by atoms with Crippen molar-refractivity contribution in [3.05, 3.63) is 28.9 Å². The van der Waals surface area contributed by atoms with Crippen LogP contribution in [0.15, 0.2) is 18.2 Å². The summed E-state index contributed by atoms with van der Waals surface area (Å²) in [6, 6.07) is 5.42. The zero-order chi connectivity index (χ0) is 10.1. The van der Waals surface area contributed by atoms with E-state index in [1.165, 1.54) is 0 Å². The van der Waals surface area contributed by atoms with Crippen LogP contribution in [0.4, 0.5) is 5.69 Å². The minimum Gasteiger partial charge on any atom is -0.388 e. The van der Waals surface area contributed by atoms with Gasteiger partial charge >= 0.3 is 0 Å². The molecule has 0 aliphatic rings. The molecule has 0 aliphatic carbocycles. The Morgan fingerprint density at radius 3 is 2.86 bits per heavy atom. The molecule has 1 aromatic heterocycles. The largest absolute Gasteiger partial charge is 0.388 e. The Bertz CT molecular complexity index is 490. The first-order valence-corrected chi connectivity index (χ1v) is 4.57. The summed E-state index contributed by atoms with van der Waals surface area (Å²) >= 11 is 5.91. The molecule has 0 atom stereocenters. The first kappa shape index (κ1) is 9.09. The van der Waals surface area contributed by atoms with Crippen molar-refractivity contribution in [1.29, 1.82) is 0 Å². The van der Waals surface area contributed by atoms with Crippen molar-refractivity contribution in [1.82, 2.24) is 4.98 Å². The summed E-state index contributed by atoms with van der Waals surface area (Å²) in [6.07, 6.45) is 0.785. The normalized spacial score (nSPS) is 10.4. The number of hydrogen-bond donors (Lipinski definition) is 2. The number of anilines is 1. The Morgan fingerprint density at radius 2 is 2.21 bits per heavy atom. The maximum Gasteiger partial charge on any atom is 0.166 e. The second kappa shape index (κ2) is 3.35. The molecule has 0 unspecified atom stereocenters. The highest BCUT2D eigenvalue weighted by Gasteiger charge is 2.05. The van der Waals surface area contributed by atoms with Gasteiger partial charge in [-0.1, -0.05) is 11.6 Å². The number of hydrogen-bond acceptors (Lipinski definition) is 2. The number of carbonyl (C=O) groups is 1. The number of aromatic nitrogens is 1. The molecule has 3 nitrogen and oxygen atoms in total. The third kappa shape index (κ3) is 1.36. The molecule has 4 heteroatoms. The summed E-state index contributed by atoms with van der Waals surface area (Å²) < 4.78 is 0. The topological polar surface area (TPSA) is 44.9 Å². The second-order valence-corrected chi connectivity index (χ2v) is 3.44. The highest BCUT2D eigenvalue weighted by molar-refractivity contribution is 6.31. The minimum atomic E-state index is 0.554. The van der Waals surface area contributed by atoms with Gasteiger partial charge in [-0.15, -0.1) is 0 Å². The number of nitrogens with one attached hydrogen (secondary N) is 2. The highest BCUT2D eigenvalue weighted by atomic mass is 35.5. The lowest BCUT2D eigenvalue weighted by molar-refractivity contribution is 0.112. The monoisotopic (exact) mass is 208 g/mol. The maximum absolute atomic E-state index is 10.6. The Labute approximate surface area is 86.1 Å². The van der Waals surface area contributed by atoms with Gasteiger partial charge in [0.05, 0.1) is 5.69 Å². The van der Waals surface area contributed by atoms with Crippen molar-refractivity contribution in [3.63, 3.8) is 0 Å². The van der Waals surface area contributed by atoms with Gasteiger partial charge in [-0.3, -0.25) is 4.79 Å². The number of benzene rings is 1. The van der Waals surface area contributed by atoms with Crippen molar-refractivity contribution in [3.8, 4) is 0 Å². The van der Waals surface area contributed by atoms with Gasteiger partial charge in [-0.05, 0) is 18.2 Å². The molecule has 0 aliphatic heterocycles. The Morgan fingerprint density at radius 1 is 1.43 bits per heavy atom. The standard InChI is InChI=1S/C10H9ClN2O/c1-12-9-2-6(11)3-10-8(9)4-7(5-14)13-10/h2-5,12-13H,1H3. The average molecular weight is 209 g/mol. The van der Waals surface area contributed by atoms with E-state index in [0.29, 0.717) is 10.7 Å². The van der Waals surface area contributed by atoms with Gasteiger partial charge in [0, 0.05) is 28.7 Å². The zero-order valence-electron chi connectivity index (χ0n) is 7.60. The van der Waals surface area contributed by atoms with Gasteiger partial charge in [-0.25, -0.2) is 0 Å². The first-order valence-electron chi connectivity index (χ1n) is 4.20. The molecule has 14 heavy (non-hydrogen) atoms. The fourth-order valence-electron chi connectivity index (χ4n) is 1.49. The van der Waals surface area contributed by atoms with Crippen LogP contribution in [0.2, 0.25) is 5.02 Å². The molecule has 1 aromatic carbocycles. The smallest absolute Gasteiger partial charge is 0.166 e. The number of aromatic amines is 1. The molecular weight excluding hydrogens is 200 g/mol. The van der Waals surface area contributed by atoms with E-state index in [1.54, 1.807) is 12.1 Å². The number of fused-ring (bicyclic) bond motifs is 1. The molecule has 2 aromatic rings. The van der Waals surface area contributed by atoms with Gasteiger partial charge in [0.2, 0.25) is 0 Å². The van der Waals surface area contributed by atoms with Crippen LogP contribution in [0.5, 0.6) is 0 Å². The molecule has 1 heterocycles. The van der Waals surface area contributed by atoms with Crippen molar-refractivity contribution in [2.75, 3.05) is 12.4 Å². The first-order chi connectivity index (χ1) is 6.74. The van der Waals surface area contributed by atoms with Crippen LogP contribution in [0.1, 0.15) is 10.5 Å². The Kier molecular flexibility index (Phi) is 2.17. The molecule has 0 saturated carbocycles. The summed E-state index contributed by atoms with van der Waals surface area (Å²) in [4.78, 5) is 13.5. The molecule has 0 radical (unpaired) electrons. The summed E-state index contributed by atoms with van der Waals surface area (Å²) in [5.74, 6) is 0. The van der Waals surface area contributed by atoms with Crippen LogP contribution in [-0.4, -0.2) is 18.3 Å². The van der Waals surface area contributed by atoms with Gasteiger partial charge in [0.1, 0.15) is 0 Å². The van der Waals surface area contributed by atoms with E-state index in [1.807, 2.05) is 13.1 Å². The van der Waals surface area contributed by atoms with Crippen LogP contribution in [0.3, 0.4) is 0 Å². The van der Waals surface area contributed by atoms with Crippen molar-refractivity contribution >= 4 is 34.5 Å². The van der Waals surface area contributed by atoms with Crippen LogP contribution in [-0.2, 0) is 0 Å².